The molecule has 1 aromatic heterocycles. The number of carbonyl (C=O) groups is 1. The Morgan fingerprint density at radius 1 is 1.41 bits per heavy atom. The first-order valence-electron chi connectivity index (χ1n) is 5.84. The van der Waals surface area contributed by atoms with E-state index in [-0.39, 0.29) is 5.91 Å². The fraction of sp³-hybridized carbons (Fsp3) is 0.462. The van der Waals surface area contributed by atoms with Crippen molar-refractivity contribution < 1.29 is 9.21 Å². The van der Waals surface area contributed by atoms with Crippen molar-refractivity contribution in [1.29, 1.82) is 0 Å². The van der Waals surface area contributed by atoms with Gasteiger partial charge in [-0.15, -0.1) is 0 Å². The minimum Gasteiger partial charge on any atom is -0.455 e. The van der Waals surface area contributed by atoms with Crippen LogP contribution in [-0.4, -0.2) is 42.9 Å². The van der Waals surface area contributed by atoms with Gasteiger partial charge in [0, 0.05) is 13.1 Å². The molecule has 1 amide bonds. The molecule has 1 aliphatic rings. The molecule has 2 heterocycles. The van der Waals surface area contributed by atoms with Crippen molar-refractivity contribution in [3.63, 3.8) is 0 Å². The van der Waals surface area contributed by atoms with Gasteiger partial charge in [0.05, 0.1) is 6.54 Å². The number of furan rings is 1. The number of hydrogen-bond acceptors (Lipinski definition) is 3. The molecule has 0 unspecified atom stereocenters. The highest BCUT2D eigenvalue weighted by Gasteiger charge is 2.19. The zero-order valence-electron chi connectivity index (χ0n) is 10.3. The molecule has 1 aliphatic heterocycles. The highest BCUT2D eigenvalue weighted by molar-refractivity contribution is 5.91. The van der Waals surface area contributed by atoms with E-state index in [1.807, 2.05) is 31.1 Å². The third-order valence-electron chi connectivity index (χ3n) is 2.69. The maximum absolute atomic E-state index is 12.1. The second kappa shape index (κ2) is 5.19. The fourth-order valence-electron chi connectivity index (χ4n) is 1.87. The van der Waals surface area contributed by atoms with Gasteiger partial charge in [0.2, 0.25) is 0 Å². The Kier molecular flexibility index (Phi) is 3.64. The number of carbonyl (C=O) groups excluding carboxylic acids is 1. The molecule has 0 saturated carbocycles. The normalized spacial score (nSPS) is 15.6. The Bertz CT molecular complexity index is 421. The zero-order valence-corrected chi connectivity index (χ0v) is 10.3. The monoisotopic (exact) mass is 234 g/mol. The Labute approximate surface area is 101 Å². The van der Waals surface area contributed by atoms with Crippen molar-refractivity contribution in [2.75, 3.05) is 27.2 Å². The summed E-state index contributed by atoms with van der Waals surface area (Å²) in [5, 5.41) is 0. The van der Waals surface area contributed by atoms with Gasteiger partial charge < -0.3 is 14.2 Å². The van der Waals surface area contributed by atoms with Gasteiger partial charge in [0.1, 0.15) is 5.76 Å². The highest BCUT2D eigenvalue weighted by atomic mass is 16.4. The summed E-state index contributed by atoms with van der Waals surface area (Å²) in [7, 11) is 3.94. The molecule has 4 nitrogen and oxygen atoms in total. The first-order chi connectivity index (χ1) is 8.16. The van der Waals surface area contributed by atoms with Crippen LogP contribution in [-0.2, 0) is 6.54 Å². The van der Waals surface area contributed by atoms with Gasteiger partial charge in [-0.1, -0.05) is 12.2 Å². The van der Waals surface area contributed by atoms with E-state index in [1.165, 1.54) is 0 Å². The Morgan fingerprint density at radius 3 is 2.88 bits per heavy atom. The van der Waals surface area contributed by atoms with E-state index in [2.05, 4.69) is 6.08 Å². The van der Waals surface area contributed by atoms with Gasteiger partial charge in [-0.05, 0) is 32.6 Å². The summed E-state index contributed by atoms with van der Waals surface area (Å²) in [5.41, 5.74) is 0. The van der Waals surface area contributed by atoms with E-state index in [4.69, 9.17) is 4.42 Å². The van der Waals surface area contributed by atoms with E-state index in [1.54, 1.807) is 11.0 Å². The molecule has 0 fully saturated rings. The summed E-state index contributed by atoms with van der Waals surface area (Å²) < 4.78 is 5.55. The van der Waals surface area contributed by atoms with Gasteiger partial charge in [0.15, 0.2) is 5.76 Å². The van der Waals surface area contributed by atoms with Gasteiger partial charge in [-0.2, -0.15) is 0 Å². The van der Waals surface area contributed by atoms with Crippen LogP contribution in [0.5, 0.6) is 0 Å². The van der Waals surface area contributed by atoms with Gasteiger partial charge in [-0.3, -0.25) is 4.79 Å². The summed E-state index contributed by atoms with van der Waals surface area (Å²) in [6, 6.07) is 3.63. The van der Waals surface area contributed by atoms with Crippen LogP contribution >= 0.6 is 0 Å². The molecule has 17 heavy (non-hydrogen) atoms. The van der Waals surface area contributed by atoms with E-state index >= 15 is 0 Å². The van der Waals surface area contributed by atoms with Crippen LogP contribution < -0.4 is 0 Å². The van der Waals surface area contributed by atoms with Crippen LogP contribution in [0.1, 0.15) is 22.7 Å². The van der Waals surface area contributed by atoms with Crippen LogP contribution in [0.25, 0.3) is 0 Å². The van der Waals surface area contributed by atoms with Crippen molar-refractivity contribution >= 4 is 5.91 Å². The number of nitrogens with zero attached hydrogens (tertiary/aromatic N) is 2. The Balaban J connectivity index is 2.03. The molecule has 0 spiro atoms. The van der Waals surface area contributed by atoms with Crippen molar-refractivity contribution in [2.45, 2.75) is 13.0 Å². The second-order valence-electron chi connectivity index (χ2n) is 4.51. The van der Waals surface area contributed by atoms with Crippen molar-refractivity contribution in [3.8, 4) is 0 Å². The largest absolute Gasteiger partial charge is 0.455 e. The molecule has 0 aliphatic carbocycles. The van der Waals surface area contributed by atoms with Crippen LogP contribution in [0.3, 0.4) is 0 Å². The summed E-state index contributed by atoms with van der Waals surface area (Å²) >= 11 is 0. The third-order valence-corrected chi connectivity index (χ3v) is 2.69. The molecule has 0 radical (unpaired) electrons. The molecule has 0 saturated heterocycles. The average Bonchev–Trinajstić information content (AvgIpc) is 2.77. The molecule has 0 aromatic carbocycles. The molecule has 2 rings (SSSR count). The van der Waals surface area contributed by atoms with E-state index < -0.39 is 0 Å². The molecular weight excluding hydrogens is 216 g/mol. The predicted molar refractivity (Wildman–Crippen MR) is 65.8 cm³/mol. The lowest BCUT2D eigenvalue weighted by Gasteiger charge is -2.22. The van der Waals surface area contributed by atoms with Crippen molar-refractivity contribution in [3.05, 3.63) is 35.8 Å². The van der Waals surface area contributed by atoms with Crippen molar-refractivity contribution in [1.82, 2.24) is 9.80 Å². The number of amides is 1. The highest BCUT2D eigenvalue weighted by Crippen LogP contribution is 2.13. The molecule has 0 atom stereocenters. The van der Waals surface area contributed by atoms with Crippen LogP contribution in [0, 0.1) is 0 Å². The van der Waals surface area contributed by atoms with Gasteiger partial charge >= 0.3 is 0 Å². The van der Waals surface area contributed by atoms with Crippen LogP contribution in [0.15, 0.2) is 28.7 Å². The summed E-state index contributed by atoms with van der Waals surface area (Å²) in [5.74, 6) is 1.25. The lowest BCUT2D eigenvalue weighted by molar-refractivity contribution is 0.0736. The molecule has 92 valence electrons. The number of rotatable bonds is 3. The molecule has 0 bridgehead atoms. The molecule has 1 aromatic rings. The first kappa shape index (κ1) is 11.9. The topological polar surface area (TPSA) is 36.7 Å². The van der Waals surface area contributed by atoms with Crippen LogP contribution in [0.2, 0.25) is 0 Å². The smallest absolute Gasteiger partial charge is 0.289 e. The maximum atomic E-state index is 12.1. The predicted octanol–water partition coefficient (Wildman–Crippen LogP) is 1.74. The standard InChI is InChI=1S/C13H18N2O2/c1-14(2)10-11-6-7-12(17-11)13(16)15-8-4-3-5-9-15/h3-4,6-7H,5,8-10H2,1-2H3. The minimum atomic E-state index is -0.0145. The van der Waals surface area contributed by atoms with E-state index in [9.17, 15) is 4.79 Å². The zero-order chi connectivity index (χ0) is 12.3. The van der Waals surface area contributed by atoms with Crippen molar-refractivity contribution in [2.24, 2.45) is 0 Å². The van der Waals surface area contributed by atoms with E-state index in [0.717, 1.165) is 18.7 Å². The maximum Gasteiger partial charge on any atom is 0.289 e. The SMILES string of the molecule is CN(C)Cc1ccc(C(=O)N2CC=CCC2)o1. The van der Waals surface area contributed by atoms with Gasteiger partial charge in [-0.25, -0.2) is 0 Å². The minimum absolute atomic E-state index is 0.0145. The summed E-state index contributed by atoms with van der Waals surface area (Å²) in [6.45, 7) is 2.18. The quantitative estimate of drug-likeness (QED) is 0.747. The fourth-order valence-corrected chi connectivity index (χ4v) is 1.87. The molecule has 4 heteroatoms. The lowest BCUT2D eigenvalue weighted by atomic mass is 10.2. The molecular formula is C13H18N2O2. The average molecular weight is 234 g/mol. The summed E-state index contributed by atoms with van der Waals surface area (Å²) in [4.78, 5) is 15.9. The second-order valence-corrected chi connectivity index (χ2v) is 4.51. The number of hydrogen-bond donors (Lipinski definition) is 0. The lowest BCUT2D eigenvalue weighted by Crippen LogP contribution is -2.33. The Morgan fingerprint density at radius 2 is 2.24 bits per heavy atom. The van der Waals surface area contributed by atoms with E-state index in [0.29, 0.717) is 18.8 Å². The van der Waals surface area contributed by atoms with Gasteiger partial charge in [0.25, 0.3) is 5.91 Å². The summed E-state index contributed by atoms with van der Waals surface area (Å²) in [6.07, 6.45) is 5.05. The third kappa shape index (κ3) is 2.97. The first-order valence-corrected chi connectivity index (χ1v) is 5.84. The van der Waals surface area contributed by atoms with Crippen LogP contribution in [0.4, 0.5) is 0 Å². The Hall–Kier alpha value is -1.55. The molecule has 0 N–H and O–H groups in total.